The van der Waals surface area contributed by atoms with Gasteiger partial charge in [0, 0.05) is 0 Å². The van der Waals surface area contributed by atoms with Gasteiger partial charge in [0.15, 0.2) is 5.69 Å². The molecule has 0 aliphatic carbocycles. The van der Waals surface area contributed by atoms with Crippen LogP contribution < -0.4 is 4.90 Å². The molecule has 1 aliphatic heterocycles. The number of nitrogens with zero attached hydrogens (tertiary/aromatic N) is 2. The van der Waals surface area contributed by atoms with Crippen LogP contribution in [0.3, 0.4) is 0 Å². The van der Waals surface area contributed by atoms with E-state index in [1.165, 1.54) is 0 Å². The van der Waals surface area contributed by atoms with Crippen LogP contribution in [0.5, 0.6) is 0 Å². The van der Waals surface area contributed by atoms with E-state index in [-0.39, 0.29) is 17.8 Å². The molecular weight excluding hydrogens is 176 g/mol. The van der Waals surface area contributed by atoms with Gasteiger partial charge < -0.3 is 19.5 Å². The molecule has 70 valence electrons. The predicted molar refractivity (Wildman–Crippen MR) is 41.7 cm³/mol. The van der Waals surface area contributed by atoms with Gasteiger partial charge in [0.05, 0.1) is 19.2 Å². The highest BCUT2D eigenvalue weighted by molar-refractivity contribution is 5.85. The lowest BCUT2D eigenvalue weighted by Crippen LogP contribution is -2.51. The molecule has 0 saturated carbocycles. The van der Waals surface area contributed by atoms with Crippen molar-refractivity contribution in [1.29, 1.82) is 0 Å². The van der Waals surface area contributed by atoms with Crippen LogP contribution in [0.4, 0.5) is 6.01 Å². The van der Waals surface area contributed by atoms with E-state index in [4.69, 9.17) is 14.6 Å². The van der Waals surface area contributed by atoms with E-state index < -0.39 is 5.97 Å². The Labute approximate surface area is 73.4 Å². The minimum Gasteiger partial charge on any atom is -0.476 e. The van der Waals surface area contributed by atoms with Crippen LogP contribution in [-0.2, 0) is 0 Å². The third-order valence-electron chi connectivity index (χ3n) is 1.84. The lowest BCUT2D eigenvalue weighted by Gasteiger charge is -2.34. The van der Waals surface area contributed by atoms with Gasteiger partial charge in [0.2, 0.25) is 0 Å². The highest BCUT2D eigenvalue weighted by Crippen LogP contribution is 2.19. The number of hydrogen-bond acceptors (Lipinski definition) is 5. The van der Waals surface area contributed by atoms with Gasteiger partial charge in [-0.3, -0.25) is 0 Å². The number of anilines is 1. The number of oxazole rings is 1. The molecule has 1 saturated heterocycles. The second kappa shape index (κ2) is 2.74. The van der Waals surface area contributed by atoms with E-state index in [0.717, 1.165) is 6.26 Å². The molecule has 0 bridgehead atoms. The van der Waals surface area contributed by atoms with Gasteiger partial charge in [-0.15, -0.1) is 0 Å². The summed E-state index contributed by atoms with van der Waals surface area (Å²) in [6.07, 6.45) is 0.725. The van der Waals surface area contributed by atoms with Crippen LogP contribution in [0.15, 0.2) is 10.7 Å². The van der Waals surface area contributed by atoms with Gasteiger partial charge in [0.25, 0.3) is 6.01 Å². The molecule has 1 aromatic heterocycles. The number of aromatic carboxylic acids is 1. The van der Waals surface area contributed by atoms with E-state index in [9.17, 15) is 4.79 Å². The lowest BCUT2D eigenvalue weighted by atomic mass is 10.2. The number of hydrogen-bond donors (Lipinski definition) is 2. The normalized spacial score (nSPS) is 17.2. The number of rotatable bonds is 2. The SMILES string of the molecule is O=C(O)c1coc(N2CC(O)C2)n1. The summed E-state index contributed by atoms with van der Waals surface area (Å²) in [4.78, 5) is 15.8. The summed E-state index contributed by atoms with van der Waals surface area (Å²) >= 11 is 0. The monoisotopic (exact) mass is 184 g/mol. The first-order valence-corrected chi connectivity index (χ1v) is 3.78. The van der Waals surface area contributed by atoms with Gasteiger partial charge in [-0.2, -0.15) is 4.98 Å². The van der Waals surface area contributed by atoms with Crippen molar-refractivity contribution in [1.82, 2.24) is 4.98 Å². The fourth-order valence-electron chi connectivity index (χ4n) is 1.12. The third kappa shape index (κ3) is 1.35. The molecule has 1 aliphatic rings. The molecular formula is C7H8N2O4. The van der Waals surface area contributed by atoms with Crippen molar-refractivity contribution in [2.75, 3.05) is 18.0 Å². The number of aliphatic hydroxyl groups is 1. The number of aliphatic hydroxyl groups excluding tert-OH is 1. The Hall–Kier alpha value is -1.56. The maximum absolute atomic E-state index is 10.4. The van der Waals surface area contributed by atoms with Gasteiger partial charge in [0.1, 0.15) is 6.26 Å². The highest BCUT2D eigenvalue weighted by atomic mass is 16.4. The van der Waals surface area contributed by atoms with Gasteiger partial charge in [-0.05, 0) is 0 Å². The zero-order chi connectivity index (χ0) is 9.42. The van der Waals surface area contributed by atoms with Crippen molar-refractivity contribution >= 4 is 12.0 Å². The summed E-state index contributed by atoms with van der Waals surface area (Å²) < 4.78 is 4.90. The molecule has 13 heavy (non-hydrogen) atoms. The quantitative estimate of drug-likeness (QED) is 0.647. The first-order chi connectivity index (χ1) is 6.16. The first-order valence-electron chi connectivity index (χ1n) is 3.78. The third-order valence-corrected chi connectivity index (χ3v) is 1.84. The van der Waals surface area contributed by atoms with Crippen LogP contribution in [0.2, 0.25) is 0 Å². The van der Waals surface area contributed by atoms with E-state index >= 15 is 0 Å². The largest absolute Gasteiger partial charge is 0.476 e. The number of carbonyl (C=O) groups is 1. The number of carboxylic acids is 1. The van der Waals surface area contributed by atoms with Crippen molar-refractivity contribution in [3.8, 4) is 0 Å². The second-order valence-electron chi connectivity index (χ2n) is 2.88. The molecule has 0 amide bonds. The fourth-order valence-corrected chi connectivity index (χ4v) is 1.12. The van der Waals surface area contributed by atoms with Crippen molar-refractivity contribution < 1.29 is 19.4 Å². The average Bonchev–Trinajstić information content (AvgIpc) is 2.46. The topological polar surface area (TPSA) is 86.8 Å². The minimum absolute atomic E-state index is 0.114. The number of carboxylic acid groups (broad SMARTS) is 1. The Balaban J connectivity index is 2.10. The smallest absolute Gasteiger partial charge is 0.357 e. The zero-order valence-electron chi connectivity index (χ0n) is 6.67. The molecule has 2 heterocycles. The molecule has 0 unspecified atom stereocenters. The summed E-state index contributed by atoms with van der Waals surface area (Å²) in [5.74, 6) is -1.11. The lowest BCUT2D eigenvalue weighted by molar-refractivity contribution is 0.0690. The van der Waals surface area contributed by atoms with Crippen molar-refractivity contribution in [3.63, 3.8) is 0 Å². The van der Waals surface area contributed by atoms with E-state index in [2.05, 4.69) is 4.98 Å². The fraction of sp³-hybridized carbons (Fsp3) is 0.429. The van der Waals surface area contributed by atoms with Crippen molar-refractivity contribution in [3.05, 3.63) is 12.0 Å². The first kappa shape index (κ1) is 8.06. The summed E-state index contributed by atoms with van der Waals surface area (Å²) in [7, 11) is 0. The maximum atomic E-state index is 10.4. The average molecular weight is 184 g/mol. The molecule has 0 radical (unpaired) electrons. The van der Waals surface area contributed by atoms with Crippen molar-refractivity contribution in [2.24, 2.45) is 0 Å². The van der Waals surface area contributed by atoms with Crippen LogP contribution in [0, 0.1) is 0 Å². The standard InChI is InChI=1S/C7H8N2O4/c10-4-1-9(2-4)7-8-5(3-13-7)6(11)12/h3-4,10H,1-2H2,(H,11,12). The van der Waals surface area contributed by atoms with Crippen molar-refractivity contribution in [2.45, 2.75) is 6.10 Å². The Morgan fingerprint density at radius 3 is 2.85 bits per heavy atom. The molecule has 0 atom stereocenters. The van der Waals surface area contributed by atoms with Crippen LogP contribution >= 0.6 is 0 Å². The summed E-state index contributed by atoms with van der Waals surface area (Å²) in [6, 6.07) is 0.253. The molecule has 1 aromatic rings. The maximum Gasteiger partial charge on any atom is 0.357 e. The summed E-state index contributed by atoms with van der Waals surface area (Å²) in [5.41, 5.74) is -0.114. The van der Waals surface area contributed by atoms with Crippen LogP contribution in [0.25, 0.3) is 0 Å². The Bertz CT molecular complexity index is 329. The molecule has 0 aromatic carbocycles. The molecule has 6 nitrogen and oxygen atoms in total. The minimum atomic E-state index is -1.11. The van der Waals surface area contributed by atoms with E-state index in [1.54, 1.807) is 4.90 Å². The van der Waals surface area contributed by atoms with Gasteiger partial charge >= 0.3 is 5.97 Å². The highest BCUT2D eigenvalue weighted by Gasteiger charge is 2.28. The molecule has 6 heteroatoms. The van der Waals surface area contributed by atoms with E-state index in [0.29, 0.717) is 13.1 Å². The van der Waals surface area contributed by atoms with Crippen LogP contribution in [0.1, 0.15) is 10.5 Å². The van der Waals surface area contributed by atoms with Crippen LogP contribution in [-0.4, -0.2) is 40.4 Å². The second-order valence-corrected chi connectivity index (χ2v) is 2.88. The van der Waals surface area contributed by atoms with E-state index in [1.807, 2.05) is 0 Å². The number of aromatic nitrogens is 1. The molecule has 1 fully saturated rings. The zero-order valence-corrected chi connectivity index (χ0v) is 6.67. The van der Waals surface area contributed by atoms with Gasteiger partial charge in [-0.1, -0.05) is 0 Å². The molecule has 2 rings (SSSR count). The molecule has 0 spiro atoms. The number of β-amino-alcohol motifs (C(OH)–C–C–N with tert-alkyl or cyclic N) is 1. The summed E-state index contributed by atoms with van der Waals surface area (Å²) in [6.45, 7) is 0.888. The Kier molecular flexibility index (Phi) is 1.70. The Morgan fingerprint density at radius 1 is 1.69 bits per heavy atom. The molecule has 2 N–H and O–H groups in total. The summed E-state index contributed by atoms with van der Waals surface area (Å²) in [5, 5.41) is 17.5. The van der Waals surface area contributed by atoms with Gasteiger partial charge in [-0.25, -0.2) is 4.79 Å². The Morgan fingerprint density at radius 2 is 2.38 bits per heavy atom. The predicted octanol–water partition coefficient (Wildman–Crippen LogP) is -0.446.